The molecule has 1 aromatic heterocycles. The van der Waals surface area contributed by atoms with Crippen molar-refractivity contribution in [3.05, 3.63) is 33.3 Å². The number of hydrogen-bond donors (Lipinski definition) is 2. The number of aromatic nitrogens is 2. The van der Waals surface area contributed by atoms with E-state index in [9.17, 15) is 4.79 Å². The Balaban J connectivity index is 1.63. The molecule has 0 spiro atoms. The number of anilines is 2. The lowest BCUT2D eigenvalue weighted by molar-refractivity contribution is 0.262. The van der Waals surface area contributed by atoms with E-state index in [-0.39, 0.29) is 10.8 Å². The topological polar surface area (TPSA) is 66.9 Å². The smallest absolute Gasteiger partial charge is 0.308 e. The number of carbonyl (C=O) groups is 1. The first kappa shape index (κ1) is 15.8. The number of rotatable bonds is 3. The van der Waals surface area contributed by atoms with Gasteiger partial charge in [-0.25, -0.2) is 4.79 Å². The second kappa shape index (κ2) is 5.85. The molecule has 1 saturated carbocycles. The first-order chi connectivity index (χ1) is 10.4. The van der Waals surface area contributed by atoms with Crippen LogP contribution in [-0.2, 0) is 5.41 Å². The molecular weight excluding hydrogens is 367 g/mol. The van der Waals surface area contributed by atoms with Gasteiger partial charge in [-0.15, -0.1) is 21.8 Å². The number of nitrogens with one attached hydrogen (secondary N) is 2. The summed E-state index contributed by atoms with van der Waals surface area (Å²) in [6.45, 7) is 2.03. The molecule has 5 nitrogen and oxygen atoms in total. The van der Waals surface area contributed by atoms with Crippen LogP contribution < -0.4 is 10.6 Å². The highest BCUT2D eigenvalue weighted by Crippen LogP contribution is 2.52. The fourth-order valence-electron chi connectivity index (χ4n) is 1.87. The Hall–Kier alpha value is -1.08. The van der Waals surface area contributed by atoms with Crippen molar-refractivity contribution in [3.8, 4) is 0 Å². The Labute approximate surface area is 146 Å². The minimum atomic E-state index is -0.426. The van der Waals surface area contributed by atoms with Gasteiger partial charge in [-0.1, -0.05) is 41.5 Å². The molecule has 0 radical (unpaired) electrons. The molecule has 1 aromatic carbocycles. The predicted octanol–water partition coefficient (Wildman–Crippen LogP) is 4.76. The zero-order valence-electron chi connectivity index (χ0n) is 11.4. The molecular formula is C13H11Cl3N4OS. The van der Waals surface area contributed by atoms with Crippen LogP contribution in [0.5, 0.6) is 0 Å². The van der Waals surface area contributed by atoms with Crippen molar-refractivity contribution in [2.75, 3.05) is 10.6 Å². The molecule has 2 amide bonds. The first-order valence-corrected chi connectivity index (χ1v) is 8.40. The van der Waals surface area contributed by atoms with Crippen LogP contribution in [0, 0.1) is 0 Å². The van der Waals surface area contributed by atoms with Gasteiger partial charge in [0, 0.05) is 16.5 Å². The van der Waals surface area contributed by atoms with E-state index in [4.69, 9.17) is 34.8 Å². The summed E-state index contributed by atoms with van der Waals surface area (Å²) >= 11 is 19.1. The minimum Gasteiger partial charge on any atom is -0.308 e. The van der Waals surface area contributed by atoms with Crippen LogP contribution >= 0.6 is 46.1 Å². The third kappa shape index (κ3) is 3.15. The summed E-state index contributed by atoms with van der Waals surface area (Å²) in [6.07, 6.45) is 0.874. The van der Waals surface area contributed by atoms with Crippen molar-refractivity contribution in [1.29, 1.82) is 0 Å². The van der Waals surface area contributed by atoms with Crippen molar-refractivity contribution < 1.29 is 4.79 Å². The molecule has 3 rings (SSSR count). The summed E-state index contributed by atoms with van der Waals surface area (Å²) < 4.78 is 0. The van der Waals surface area contributed by atoms with Crippen molar-refractivity contribution >= 4 is 63.0 Å². The van der Waals surface area contributed by atoms with Crippen LogP contribution in [-0.4, -0.2) is 21.6 Å². The van der Waals surface area contributed by atoms with Gasteiger partial charge in [0.2, 0.25) is 5.13 Å². The quantitative estimate of drug-likeness (QED) is 0.758. The van der Waals surface area contributed by atoms with Gasteiger partial charge in [-0.05, 0) is 24.6 Å². The lowest BCUT2D eigenvalue weighted by Gasteiger charge is -2.06. The summed E-state index contributed by atoms with van der Waals surface area (Å²) in [6, 6.07) is 4.41. The number of benzene rings is 1. The van der Waals surface area contributed by atoms with Crippen LogP contribution in [0.3, 0.4) is 0 Å². The fourth-order valence-corrected chi connectivity index (χ4v) is 3.61. The third-order valence-electron chi connectivity index (χ3n) is 3.45. The number of nitrogens with zero attached hydrogens (tertiary/aromatic N) is 2. The molecule has 2 atom stereocenters. The van der Waals surface area contributed by atoms with Crippen molar-refractivity contribution in [2.45, 2.75) is 24.1 Å². The summed E-state index contributed by atoms with van der Waals surface area (Å²) in [4.78, 5) is 11.9. The highest BCUT2D eigenvalue weighted by Gasteiger charge is 2.53. The van der Waals surface area contributed by atoms with Crippen molar-refractivity contribution in [3.63, 3.8) is 0 Å². The van der Waals surface area contributed by atoms with Crippen LogP contribution in [0.2, 0.25) is 10.0 Å². The number of hydrogen-bond acceptors (Lipinski definition) is 4. The summed E-state index contributed by atoms with van der Waals surface area (Å²) in [5, 5.41) is 15.5. The predicted molar refractivity (Wildman–Crippen MR) is 90.6 cm³/mol. The Morgan fingerprint density at radius 1 is 1.32 bits per heavy atom. The van der Waals surface area contributed by atoms with E-state index < -0.39 is 6.03 Å². The van der Waals surface area contributed by atoms with E-state index in [0.717, 1.165) is 11.4 Å². The second-order valence-electron chi connectivity index (χ2n) is 5.21. The molecule has 1 heterocycles. The number of amides is 2. The largest absolute Gasteiger partial charge is 0.325 e. The van der Waals surface area contributed by atoms with E-state index in [2.05, 4.69) is 20.8 Å². The van der Waals surface area contributed by atoms with Gasteiger partial charge in [-0.2, -0.15) is 0 Å². The number of halogens is 3. The zero-order chi connectivity index (χ0) is 15.9. The monoisotopic (exact) mass is 376 g/mol. The minimum absolute atomic E-state index is 0.0818. The molecule has 2 N–H and O–H groups in total. The Morgan fingerprint density at radius 2 is 2.05 bits per heavy atom. The number of carbonyl (C=O) groups excluding carboxylic acids is 1. The average molecular weight is 378 g/mol. The third-order valence-corrected chi connectivity index (χ3v) is 5.94. The molecule has 0 aliphatic heterocycles. The maximum Gasteiger partial charge on any atom is 0.325 e. The fraction of sp³-hybridized carbons (Fsp3) is 0.308. The van der Waals surface area contributed by atoms with Crippen LogP contribution in [0.4, 0.5) is 15.6 Å². The van der Waals surface area contributed by atoms with E-state index >= 15 is 0 Å². The number of alkyl halides is 1. The SMILES string of the molecule is CC1(c2nnc(NC(=O)Nc3ccc(Cl)c(Cl)c3)s2)CC1Cl. The highest BCUT2D eigenvalue weighted by molar-refractivity contribution is 7.15. The Kier molecular flexibility index (Phi) is 4.20. The van der Waals surface area contributed by atoms with Gasteiger partial charge in [-0.3, -0.25) is 5.32 Å². The molecule has 1 aliphatic carbocycles. The molecule has 2 unspecified atom stereocenters. The van der Waals surface area contributed by atoms with Crippen LogP contribution in [0.15, 0.2) is 18.2 Å². The van der Waals surface area contributed by atoms with Gasteiger partial charge in [0.1, 0.15) is 5.01 Å². The van der Waals surface area contributed by atoms with Crippen LogP contribution in [0.25, 0.3) is 0 Å². The van der Waals surface area contributed by atoms with E-state index in [0.29, 0.717) is 20.9 Å². The van der Waals surface area contributed by atoms with Gasteiger partial charge >= 0.3 is 6.03 Å². The lowest BCUT2D eigenvalue weighted by Crippen LogP contribution is -2.19. The second-order valence-corrected chi connectivity index (χ2v) is 7.53. The van der Waals surface area contributed by atoms with Gasteiger partial charge < -0.3 is 5.32 Å². The highest BCUT2D eigenvalue weighted by atomic mass is 35.5. The molecule has 1 fully saturated rings. The lowest BCUT2D eigenvalue weighted by atomic mass is 10.2. The normalized spacial score (nSPS) is 23.2. The van der Waals surface area contributed by atoms with Gasteiger partial charge in [0.25, 0.3) is 0 Å². The molecule has 116 valence electrons. The molecule has 22 heavy (non-hydrogen) atoms. The summed E-state index contributed by atoms with van der Waals surface area (Å²) in [5.41, 5.74) is 0.408. The summed E-state index contributed by atoms with van der Waals surface area (Å²) in [7, 11) is 0. The van der Waals surface area contributed by atoms with E-state index in [1.165, 1.54) is 11.3 Å². The standard InChI is InChI=1S/C13H11Cl3N4OS/c1-13(5-9(13)16)10-19-20-12(22-10)18-11(21)17-6-2-3-7(14)8(15)4-6/h2-4,9H,5H2,1H3,(H2,17,18,20,21). The Morgan fingerprint density at radius 3 is 2.68 bits per heavy atom. The van der Waals surface area contributed by atoms with E-state index in [1.807, 2.05) is 6.92 Å². The number of urea groups is 1. The Bertz CT molecular complexity index is 738. The maximum absolute atomic E-state index is 11.9. The molecule has 2 aromatic rings. The van der Waals surface area contributed by atoms with Crippen LogP contribution in [0.1, 0.15) is 18.4 Å². The van der Waals surface area contributed by atoms with Gasteiger partial charge in [0.15, 0.2) is 0 Å². The van der Waals surface area contributed by atoms with Crippen molar-refractivity contribution in [1.82, 2.24) is 10.2 Å². The zero-order valence-corrected chi connectivity index (χ0v) is 14.4. The molecule has 9 heteroatoms. The molecule has 0 bridgehead atoms. The molecule has 0 saturated heterocycles. The molecule has 1 aliphatic rings. The average Bonchev–Trinajstić information content (AvgIpc) is 2.87. The summed E-state index contributed by atoms with van der Waals surface area (Å²) in [5.74, 6) is 0. The van der Waals surface area contributed by atoms with Gasteiger partial charge in [0.05, 0.1) is 10.0 Å². The van der Waals surface area contributed by atoms with Crippen molar-refractivity contribution in [2.24, 2.45) is 0 Å². The van der Waals surface area contributed by atoms with E-state index in [1.54, 1.807) is 18.2 Å². The maximum atomic E-state index is 11.9. The first-order valence-electron chi connectivity index (χ1n) is 6.39.